The van der Waals surface area contributed by atoms with Crippen LogP contribution in [0.25, 0.3) is 0 Å². The SMILES string of the molecule is CC1(C(=O)O)COCC1N1C(=O)CC2(CCCC2)C1=O. The van der Waals surface area contributed by atoms with Crippen LogP contribution in [0, 0.1) is 10.8 Å². The van der Waals surface area contributed by atoms with Crippen molar-refractivity contribution in [2.24, 2.45) is 10.8 Å². The fourth-order valence-corrected chi connectivity index (χ4v) is 3.80. The Kier molecular flexibility index (Phi) is 2.90. The molecule has 2 heterocycles. The summed E-state index contributed by atoms with van der Waals surface area (Å²) in [6.07, 6.45) is 3.64. The molecule has 0 aromatic rings. The van der Waals surface area contributed by atoms with Gasteiger partial charge in [0.25, 0.3) is 0 Å². The minimum Gasteiger partial charge on any atom is -0.481 e. The molecule has 1 saturated carbocycles. The smallest absolute Gasteiger partial charge is 0.313 e. The van der Waals surface area contributed by atoms with Gasteiger partial charge < -0.3 is 9.84 Å². The molecule has 0 bridgehead atoms. The number of nitrogens with zero attached hydrogens (tertiary/aromatic N) is 1. The third-order valence-corrected chi connectivity index (χ3v) is 5.20. The van der Waals surface area contributed by atoms with Crippen LogP contribution in [-0.4, -0.2) is 47.0 Å². The third-order valence-electron chi connectivity index (χ3n) is 5.20. The number of carbonyl (C=O) groups is 3. The van der Waals surface area contributed by atoms with Gasteiger partial charge in [-0.25, -0.2) is 0 Å². The van der Waals surface area contributed by atoms with Gasteiger partial charge in [0.15, 0.2) is 0 Å². The summed E-state index contributed by atoms with van der Waals surface area (Å²) >= 11 is 0. The highest BCUT2D eigenvalue weighted by Gasteiger charge is 2.60. The van der Waals surface area contributed by atoms with Crippen LogP contribution in [0.4, 0.5) is 0 Å². The van der Waals surface area contributed by atoms with Crippen LogP contribution in [0.15, 0.2) is 0 Å². The summed E-state index contributed by atoms with van der Waals surface area (Å²) in [6.45, 7) is 1.71. The summed E-state index contributed by atoms with van der Waals surface area (Å²) < 4.78 is 5.27. The van der Waals surface area contributed by atoms with Gasteiger partial charge in [0.1, 0.15) is 5.41 Å². The quantitative estimate of drug-likeness (QED) is 0.757. The monoisotopic (exact) mass is 281 g/mol. The number of carboxylic acids is 1. The average Bonchev–Trinajstić information content (AvgIpc) is 3.04. The van der Waals surface area contributed by atoms with E-state index >= 15 is 0 Å². The number of imide groups is 1. The summed E-state index contributed by atoms with van der Waals surface area (Å²) in [4.78, 5) is 37.7. The lowest BCUT2D eigenvalue weighted by Gasteiger charge is -2.32. The van der Waals surface area contributed by atoms with Crippen molar-refractivity contribution in [2.75, 3.05) is 13.2 Å². The van der Waals surface area contributed by atoms with Crippen LogP contribution in [0.1, 0.15) is 39.0 Å². The van der Waals surface area contributed by atoms with E-state index in [-0.39, 0.29) is 31.4 Å². The van der Waals surface area contributed by atoms with E-state index in [0.29, 0.717) is 0 Å². The molecule has 1 spiro atoms. The van der Waals surface area contributed by atoms with E-state index in [0.717, 1.165) is 25.7 Å². The first-order valence-electron chi connectivity index (χ1n) is 7.08. The number of carbonyl (C=O) groups excluding carboxylic acids is 2. The van der Waals surface area contributed by atoms with Crippen LogP contribution < -0.4 is 0 Å². The van der Waals surface area contributed by atoms with Crippen molar-refractivity contribution in [1.29, 1.82) is 0 Å². The van der Waals surface area contributed by atoms with E-state index in [2.05, 4.69) is 0 Å². The number of carboxylic acid groups (broad SMARTS) is 1. The van der Waals surface area contributed by atoms with Gasteiger partial charge in [-0.05, 0) is 19.8 Å². The van der Waals surface area contributed by atoms with Crippen molar-refractivity contribution >= 4 is 17.8 Å². The van der Waals surface area contributed by atoms with Gasteiger partial charge in [0.05, 0.1) is 24.7 Å². The molecule has 3 fully saturated rings. The number of hydrogen-bond acceptors (Lipinski definition) is 4. The third kappa shape index (κ3) is 1.63. The standard InChI is InChI=1S/C14H19NO5/c1-13(12(18)19)8-20-7-9(13)15-10(16)6-14(11(15)17)4-2-3-5-14/h9H,2-8H2,1H3,(H,18,19). The molecule has 2 amide bonds. The fraction of sp³-hybridized carbons (Fsp3) is 0.786. The van der Waals surface area contributed by atoms with Gasteiger partial charge in [-0.2, -0.15) is 0 Å². The van der Waals surface area contributed by atoms with E-state index in [1.807, 2.05) is 0 Å². The van der Waals surface area contributed by atoms with Crippen molar-refractivity contribution in [3.05, 3.63) is 0 Å². The van der Waals surface area contributed by atoms with Gasteiger partial charge in [-0.15, -0.1) is 0 Å². The molecule has 3 aliphatic rings. The van der Waals surface area contributed by atoms with Crippen LogP contribution in [-0.2, 0) is 19.1 Å². The molecule has 2 atom stereocenters. The maximum Gasteiger partial charge on any atom is 0.313 e. The molecule has 0 aromatic carbocycles. The Labute approximate surface area is 117 Å². The van der Waals surface area contributed by atoms with Gasteiger partial charge in [0.2, 0.25) is 11.8 Å². The van der Waals surface area contributed by atoms with Crippen molar-refractivity contribution in [1.82, 2.24) is 4.90 Å². The van der Waals surface area contributed by atoms with Gasteiger partial charge in [-0.3, -0.25) is 19.3 Å². The predicted molar refractivity (Wildman–Crippen MR) is 67.7 cm³/mol. The number of amides is 2. The van der Waals surface area contributed by atoms with E-state index in [1.54, 1.807) is 6.92 Å². The molecule has 20 heavy (non-hydrogen) atoms. The van der Waals surface area contributed by atoms with E-state index in [9.17, 15) is 19.5 Å². The molecule has 2 saturated heterocycles. The molecular formula is C14H19NO5. The van der Waals surface area contributed by atoms with Crippen molar-refractivity contribution in [3.8, 4) is 0 Å². The lowest BCUT2D eigenvalue weighted by atomic mass is 9.83. The summed E-state index contributed by atoms with van der Waals surface area (Å²) in [5.41, 5.74) is -1.76. The van der Waals surface area contributed by atoms with Crippen molar-refractivity contribution in [2.45, 2.75) is 45.1 Å². The molecule has 6 nitrogen and oxygen atoms in total. The first-order chi connectivity index (χ1) is 9.41. The zero-order valence-corrected chi connectivity index (χ0v) is 11.6. The van der Waals surface area contributed by atoms with Crippen molar-refractivity contribution in [3.63, 3.8) is 0 Å². The number of ether oxygens (including phenoxy) is 1. The molecule has 2 unspecified atom stereocenters. The first-order valence-corrected chi connectivity index (χ1v) is 7.08. The molecule has 3 rings (SSSR count). The Bertz CT molecular complexity index is 482. The second kappa shape index (κ2) is 4.28. The Hall–Kier alpha value is -1.43. The highest BCUT2D eigenvalue weighted by atomic mass is 16.5. The predicted octanol–water partition coefficient (Wildman–Crippen LogP) is 0.795. The lowest BCUT2D eigenvalue weighted by Crippen LogP contribution is -2.53. The number of aliphatic carboxylic acids is 1. The molecular weight excluding hydrogens is 262 g/mol. The minimum atomic E-state index is -1.20. The van der Waals surface area contributed by atoms with Crippen LogP contribution in [0.5, 0.6) is 0 Å². The Morgan fingerprint density at radius 3 is 2.60 bits per heavy atom. The van der Waals surface area contributed by atoms with Crippen LogP contribution >= 0.6 is 0 Å². The van der Waals surface area contributed by atoms with Crippen molar-refractivity contribution < 1.29 is 24.2 Å². The fourth-order valence-electron chi connectivity index (χ4n) is 3.80. The number of hydrogen-bond donors (Lipinski definition) is 1. The number of rotatable bonds is 2. The maximum absolute atomic E-state index is 12.7. The Morgan fingerprint density at radius 2 is 2.00 bits per heavy atom. The minimum absolute atomic E-state index is 0.0388. The van der Waals surface area contributed by atoms with E-state index < -0.39 is 22.8 Å². The average molecular weight is 281 g/mol. The zero-order valence-electron chi connectivity index (χ0n) is 11.6. The number of likely N-dealkylation sites (tertiary alicyclic amines) is 1. The molecule has 0 radical (unpaired) electrons. The first kappa shape index (κ1) is 13.5. The highest BCUT2D eigenvalue weighted by molar-refractivity contribution is 6.06. The van der Waals surface area contributed by atoms with Crippen LogP contribution in [0.2, 0.25) is 0 Å². The summed E-state index contributed by atoms with van der Waals surface area (Å²) in [6, 6.07) is -0.681. The highest BCUT2D eigenvalue weighted by Crippen LogP contribution is 2.49. The summed E-state index contributed by atoms with van der Waals surface area (Å²) in [5.74, 6) is -1.43. The Balaban J connectivity index is 1.92. The topological polar surface area (TPSA) is 83.9 Å². The molecule has 0 aromatic heterocycles. The van der Waals surface area contributed by atoms with Gasteiger partial charge in [0, 0.05) is 6.42 Å². The van der Waals surface area contributed by atoms with Gasteiger partial charge >= 0.3 is 5.97 Å². The molecule has 6 heteroatoms. The van der Waals surface area contributed by atoms with E-state index in [4.69, 9.17) is 4.74 Å². The van der Waals surface area contributed by atoms with Crippen LogP contribution in [0.3, 0.4) is 0 Å². The zero-order chi connectivity index (χ0) is 14.5. The second-order valence-corrected chi connectivity index (χ2v) is 6.49. The Morgan fingerprint density at radius 1 is 1.35 bits per heavy atom. The molecule has 1 aliphatic carbocycles. The normalized spacial score (nSPS) is 36.2. The maximum atomic E-state index is 12.7. The molecule has 1 N–H and O–H groups in total. The summed E-state index contributed by atoms with van der Waals surface area (Å²) in [7, 11) is 0. The lowest BCUT2D eigenvalue weighted by molar-refractivity contribution is -0.155. The summed E-state index contributed by atoms with van der Waals surface area (Å²) in [5, 5.41) is 9.40. The van der Waals surface area contributed by atoms with E-state index in [1.165, 1.54) is 4.90 Å². The molecule has 110 valence electrons. The van der Waals surface area contributed by atoms with Gasteiger partial charge in [-0.1, -0.05) is 12.8 Å². The second-order valence-electron chi connectivity index (χ2n) is 6.49. The molecule has 2 aliphatic heterocycles. The largest absolute Gasteiger partial charge is 0.481 e.